The average Bonchev–Trinajstić information content (AvgIpc) is 2.71. The largest absolute Gasteiger partial charge is 0.295 e. The van der Waals surface area contributed by atoms with Gasteiger partial charge in [0.05, 0.1) is 5.69 Å². The first-order chi connectivity index (χ1) is 8.59. The van der Waals surface area contributed by atoms with Gasteiger partial charge in [0.15, 0.2) is 5.78 Å². The van der Waals surface area contributed by atoms with Gasteiger partial charge in [-0.2, -0.15) is 0 Å². The Hall–Kier alpha value is -1.97. The molecule has 1 saturated heterocycles. The van der Waals surface area contributed by atoms with Crippen LogP contribution in [-0.4, -0.2) is 17.6 Å². The Labute approximate surface area is 107 Å². The Morgan fingerprint density at radius 3 is 2.17 bits per heavy atom. The highest BCUT2D eigenvalue weighted by Gasteiger charge is 2.30. The molecule has 0 bridgehead atoms. The monoisotopic (exact) mass is 247 g/mol. The second kappa shape index (κ2) is 6.10. The lowest BCUT2D eigenvalue weighted by atomic mass is 10.1. The third-order valence-electron chi connectivity index (χ3n) is 2.56. The number of hydrogen-bond donors (Lipinski definition) is 0. The first-order valence-corrected chi connectivity index (χ1v) is 6.06. The van der Waals surface area contributed by atoms with Crippen molar-refractivity contribution < 1.29 is 14.4 Å². The first kappa shape index (κ1) is 14.1. The highest BCUT2D eigenvalue weighted by Crippen LogP contribution is 2.23. The van der Waals surface area contributed by atoms with Crippen LogP contribution in [0.1, 0.15) is 44.0 Å². The summed E-state index contributed by atoms with van der Waals surface area (Å²) in [6.07, 6.45) is 0.506. The molecule has 4 nitrogen and oxygen atoms in total. The molecule has 1 fully saturated rings. The molecule has 1 heterocycles. The summed E-state index contributed by atoms with van der Waals surface area (Å²) < 4.78 is 0. The van der Waals surface area contributed by atoms with E-state index in [1.807, 2.05) is 13.8 Å². The van der Waals surface area contributed by atoms with E-state index >= 15 is 0 Å². The molecule has 1 aliphatic heterocycles. The Morgan fingerprint density at radius 2 is 1.67 bits per heavy atom. The van der Waals surface area contributed by atoms with Gasteiger partial charge in [0.25, 0.3) is 0 Å². The maximum atomic E-state index is 11.5. The minimum atomic E-state index is -0.203. The lowest BCUT2D eigenvalue weighted by Gasteiger charge is -2.14. The van der Waals surface area contributed by atoms with Crippen molar-refractivity contribution in [2.45, 2.75) is 33.6 Å². The van der Waals surface area contributed by atoms with Crippen molar-refractivity contribution in [1.82, 2.24) is 0 Å². The average molecular weight is 247 g/mol. The molecule has 0 unspecified atom stereocenters. The normalized spacial score (nSPS) is 14.3. The maximum Gasteiger partial charge on any atom is 0.234 e. The van der Waals surface area contributed by atoms with Crippen LogP contribution in [0.15, 0.2) is 24.3 Å². The van der Waals surface area contributed by atoms with Crippen molar-refractivity contribution in [1.29, 1.82) is 0 Å². The fourth-order valence-corrected chi connectivity index (χ4v) is 1.73. The smallest absolute Gasteiger partial charge is 0.234 e. The van der Waals surface area contributed by atoms with Crippen molar-refractivity contribution >= 4 is 23.3 Å². The molecule has 1 aromatic rings. The molecule has 0 aliphatic carbocycles. The minimum Gasteiger partial charge on any atom is -0.295 e. The van der Waals surface area contributed by atoms with Crippen LogP contribution in [-0.2, 0) is 9.59 Å². The van der Waals surface area contributed by atoms with Gasteiger partial charge in [0.1, 0.15) is 0 Å². The predicted molar refractivity (Wildman–Crippen MR) is 69.5 cm³/mol. The van der Waals surface area contributed by atoms with Crippen LogP contribution in [0.3, 0.4) is 0 Å². The Morgan fingerprint density at radius 1 is 1.11 bits per heavy atom. The van der Waals surface area contributed by atoms with E-state index in [-0.39, 0.29) is 30.4 Å². The summed E-state index contributed by atoms with van der Waals surface area (Å²) in [5.41, 5.74) is 0.991. The topological polar surface area (TPSA) is 54.5 Å². The predicted octanol–water partition coefficient (Wildman–Crippen LogP) is 2.57. The van der Waals surface area contributed by atoms with Crippen LogP contribution in [0.25, 0.3) is 0 Å². The molecule has 0 N–H and O–H groups in total. The first-order valence-electron chi connectivity index (χ1n) is 6.06. The van der Waals surface area contributed by atoms with Gasteiger partial charge in [-0.25, -0.2) is 0 Å². The molecular weight excluding hydrogens is 230 g/mol. The quantitative estimate of drug-likeness (QED) is 0.596. The SMILES string of the molecule is CC.CC(=O)c1cccc(N2C(=O)CCC2=O)c1. The van der Waals surface area contributed by atoms with E-state index in [0.29, 0.717) is 11.3 Å². The van der Waals surface area contributed by atoms with Crippen molar-refractivity contribution in [2.75, 3.05) is 4.90 Å². The van der Waals surface area contributed by atoms with Crippen LogP contribution in [0, 0.1) is 0 Å². The number of carbonyl (C=O) groups excluding carboxylic acids is 3. The third kappa shape index (κ3) is 2.83. The molecule has 96 valence electrons. The van der Waals surface area contributed by atoms with Gasteiger partial charge in [0.2, 0.25) is 11.8 Å². The van der Waals surface area contributed by atoms with Crippen LogP contribution < -0.4 is 4.90 Å². The van der Waals surface area contributed by atoms with Crippen LogP contribution >= 0.6 is 0 Å². The summed E-state index contributed by atoms with van der Waals surface area (Å²) in [7, 11) is 0. The lowest BCUT2D eigenvalue weighted by molar-refractivity contribution is -0.121. The molecule has 2 rings (SSSR count). The molecule has 1 aromatic carbocycles. The van der Waals surface area contributed by atoms with Crippen molar-refractivity contribution in [3.05, 3.63) is 29.8 Å². The molecule has 18 heavy (non-hydrogen) atoms. The van der Waals surface area contributed by atoms with Gasteiger partial charge < -0.3 is 0 Å². The number of rotatable bonds is 2. The zero-order valence-corrected chi connectivity index (χ0v) is 10.9. The second-order valence-electron chi connectivity index (χ2n) is 3.73. The van der Waals surface area contributed by atoms with E-state index < -0.39 is 0 Å². The lowest BCUT2D eigenvalue weighted by Crippen LogP contribution is -2.28. The number of anilines is 1. The summed E-state index contributed by atoms with van der Waals surface area (Å²) in [5, 5.41) is 0. The molecule has 0 spiro atoms. The van der Waals surface area contributed by atoms with E-state index in [1.54, 1.807) is 24.3 Å². The minimum absolute atomic E-state index is 0.0825. The molecule has 0 saturated carbocycles. The van der Waals surface area contributed by atoms with Gasteiger partial charge in [-0.3, -0.25) is 19.3 Å². The number of amides is 2. The van der Waals surface area contributed by atoms with Crippen LogP contribution in [0.2, 0.25) is 0 Å². The molecule has 1 aliphatic rings. The molecule has 0 aromatic heterocycles. The number of benzene rings is 1. The van der Waals surface area contributed by atoms with E-state index in [1.165, 1.54) is 6.92 Å². The summed E-state index contributed by atoms with van der Waals surface area (Å²) in [5.74, 6) is -0.489. The maximum absolute atomic E-state index is 11.5. The number of carbonyl (C=O) groups is 3. The summed E-state index contributed by atoms with van der Waals surface area (Å²) >= 11 is 0. The highest BCUT2D eigenvalue weighted by molar-refractivity contribution is 6.20. The highest BCUT2D eigenvalue weighted by atomic mass is 16.2. The Bertz CT molecular complexity index is 464. The van der Waals surface area contributed by atoms with Crippen LogP contribution in [0.5, 0.6) is 0 Å². The van der Waals surface area contributed by atoms with Crippen molar-refractivity contribution in [3.63, 3.8) is 0 Å². The molecule has 2 amide bonds. The van der Waals surface area contributed by atoms with Gasteiger partial charge in [-0.05, 0) is 19.1 Å². The van der Waals surface area contributed by atoms with Crippen LogP contribution in [0.4, 0.5) is 5.69 Å². The number of nitrogens with zero attached hydrogens (tertiary/aromatic N) is 1. The fraction of sp³-hybridized carbons (Fsp3) is 0.357. The zero-order chi connectivity index (χ0) is 13.7. The standard InChI is InChI=1S/C12H11NO3.C2H6/c1-8(14)9-3-2-4-10(7-9)13-11(15)5-6-12(13)16;1-2/h2-4,7H,5-6H2,1H3;1-2H3. The third-order valence-corrected chi connectivity index (χ3v) is 2.56. The summed E-state index contributed by atoms with van der Waals surface area (Å²) in [6, 6.07) is 6.57. The van der Waals surface area contributed by atoms with Gasteiger partial charge in [-0.15, -0.1) is 0 Å². The Balaban J connectivity index is 0.000000771. The van der Waals surface area contributed by atoms with Crippen molar-refractivity contribution in [2.24, 2.45) is 0 Å². The van der Waals surface area contributed by atoms with E-state index in [0.717, 1.165) is 4.90 Å². The van der Waals surface area contributed by atoms with Gasteiger partial charge in [0, 0.05) is 18.4 Å². The Kier molecular flexibility index (Phi) is 4.77. The summed E-state index contributed by atoms with van der Waals surface area (Å²) in [6.45, 7) is 5.45. The number of Topliss-reactive ketones (excluding diaryl/α,β-unsaturated/α-hetero) is 1. The zero-order valence-electron chi connectivity index (χ0n) is 10.9. The molecule has 0 radical (unpaired) electrons. The number of imide groups is 1. The van der Waals surface area contributed by atoms with Gasteiger partial charge in [-0.1, -0.05) is 26.0 Å². The fourth-order valence-electron chi connectivity index (χ4n) is 1.73. The molecule has 4 heteroatoms. The summed E-state index contributed by atoms with van der Waals surface area (Å²) in [4.78, 5) is 35.3. The van der Waals surface area contributed by atoms with Crippen molar-refractivity contribution in [3.8, 4) is 0 Å². The van der Waals surface area contributed by atoms with Gasteiger partial charge >= 0.3 is 0 Å². The molecular formula is C14H17NO3. The number of hydrogen-bond acceptors (Lipinski definition) is 3. The second-order valence-corrected chi connectivity index (χ2v) is 3.73. The van der Waals surface area contributed by atoms with E-state index in [2.05, 4.69) is 0 Å². The molecule has 0 atom stereocenters. The number of ketones is 1. The van der Waals surface area contributed by atoms with E-state index in [4.69, 9.17) is 0 Å². The van der Waals surface area contributed by atoms with E-state index in [9.17, 15) is 14.4 Å².